The average molecular weight is 346 g/mol. The van der Waals surface area contributed by atoms with E-state index in [1.54, 1.807) is 0 Å². The van der Waals surface area contributed by atoms with Crippen LogP contribution in [0, 0.1) is 5.92 Å². The second-order valence-electron chi connectivity index (χ2n) is 6.76. The van der Waals surface area contributed by atoms with Crippen LogP contribution >= 0.6 is 0 Å². The molecule has 8 nitrogen and oxygen atoms in total. The zero-order chi connectivity index (χ0) is 18.4. The normalized spacial score (nSPS) is 30.6. The monoisotopic (exact) mass is 346 g/mol. The first kappa shape index (κ1) is 17.2. The topological polar surface area (TPSA) is 125 Å². The molecule has 2 fully saturated rings. The molecular formula is C17H22N4O4. The van der Waals surface area contributed by atoms with Gasteiger partial charge in [0.2, 0.25) is 11.8 Å². The Balaban J connectivity index is 1.77. The number of nitrogens with one attached hydrogen (secondary N) is 2. The van der Waals surface area contributed by atoms with Gasteiger partial charge in [-0.1, -0.05) is 25.1 Å². The van der Waals surface area contributed by atoms with Gasteiger partial charge in [0.15, 0.2) is 0 Å². The summed E-state index contributed by atoms with van der Waals surface area (Å²) in [6, 6.07) is 7.61. The zero-order valence-corrected chi connectivity index (χ0v) is 14.1. The lowest BCUT2D eigenvalue weighted by Crippen LogP contribution is -2.78. The molecule has 0 bridgehead atoms. The summed E-state index contributed by atoms with van der Waals surface area (Å²) in [6.07, 6.45) is -1.08. The highest BCUT2D eigenvalue weighted by Gasteiger charge is 2.65. The molecular weight excluding hydrogens is 324 g/mol. The molecule has 25 heavy (non-hydrogen) atoms. The van der Waals surface area contributed by atoms with E-state index in [1.165, 1.54) is 11.8 Å². The van der Waals surface area contributed by atoms with Crippen molar-refractivity contribution in [2.24, 2.45) is 11.7 Å². The minimum absolute atomic E-state index is 0.143. The van der Waals surface area contributed by atoms with E-state index in [0.717, 1.165) is 5.69 Å². The van der Waals surface area contributed by atoms with Crippen LogP contribution in [0.3, 0.4) is 0 Å². The van der Waals surface area contributed by atoms with Gasteiger partial charge in [-0.2, -0.15) is 0 Å². The first-order chi connectivity index (χ1) is 11.8. The summed E-state index contributed by atoms with van der Waals surface area (Å²) in [6.45, 7) is 3.36. The minimum atomic E-state index is -1.09. The quantitative estimate of drug-likeness (QED) is 0.512. The highest BCUT2D eigenvalue weighted by atomic mass is 16.3. The Morgan fingerprint density at radius 2 is 2.04 bits per heavy atom. The Hall–Kier alpha value is -2.61. The summed E-state index contributed by atoms with van der Waals surface area (Å²) in [4.78, 5) is 37.9. The van der Waals surface area contributed by atoms with E-state index in [9.17, 15) is 19.5 Å². The van der Waals surface area contributed by atoms with Crippen LogP contribution in [0.2, 0.25) is 0 Å². The summed E-state index contributed by atoms with van der Waals surface area (Å²) in [7, 11) is 0. The molecule has 0 saturated carbocycles. The van der Waals surface area contributed by atoms with Crippen LogP contribution in [-0.4, -0.2) is 58.0 Å². The van der Waals surface area contributed by atoms with E-state index in [-0.39, 0.29) is 18.4 Å². The van der Waals surface area contributed by atoms with Crippen molar-refractivity contribution in [3.8, 4) is 0 Å². The van der Waals surface area contributed by atoms with E-state index in [0.29, 0.717) is 0 Å². The van der Waals surface area contributed by atoms with Crippen molar-refractivity contribution in [1.82, 2.24) is 10.2 Å². The Kier molecular flexibility index (Phi) is 4.16. The van der Waals surface area contributed by atoms with Gasteiger partial charge in [-0.05, 0) is 19.1 Å². The van der Waals surface area contributed by atoms with E-state index in [4.69, 9.17) is 5.73 Å². The van der Waals surface area contributed by atoms with Gasteiger partial charge in [0.05, 0.1) is 12.6 Å². The van der Waals surface area contributed by atoms with Crippen molar-refractivity contribution in [2.75, 3.05) is 11.9 Å². The van der Waals surface area contributed by atoms with Crippen LogP contribution < -0.4 is 16.4 Å². The molecule has 2 aliphatic heterocycles. The van der Waals surface area contributed by atoms with Crippen molar-refractivity contribution >= 4 is 23.4 Å². The number of carbonyl (C=O) groups excluding carboxylic acids is 3. The first-order valence-electron chi connectivity index (χ1n) is 8.20. The van der Waals surface area contributed by atoms with Gasteiger partial charge in [-0.15, -0.1) is 0 Å². The predicted octanol–water partition coefficient (Wildman–Crippen LogP) is -0.951. The fourth-order valence-electron chi connectivity index (χ4n) is 3.71. The maximum absolute atomic E-state index is 12.8. The molecule has 3 rings (SSSR count). The number of para-hydroxylation sites is 1. The first-order valence-corrected chi connectivity index (χ1v) is 8.20. The number of anilines is 1. The minimum Gasteiger partial charge on any atom is -0.391 e. The summed E-state index contributed by atoms with van der Waals surface area (Å²) in [5.41, 5.74) is 5.02. The van der Waals surface area contributed by atoms with Gasteiger partial charge in [0.1, 0.15) is 17.6 Å². The number of rotatable bonds is 5. The summed E-state index contributed by atoms with van der Waals surface area (Å²) < 4.78 is 0. The SMILES string of the molecule is CC1C(Nc2ccccc2)C(=O)NC12CN([C@H](C(N)=O)[C@@H](C)O)C2=O. The van der Waals surface area contributed by atoms with E-state index < -0.39 is 35.5 Å². The number of likely N-dealkylation sites (tertiary alicyclic amines) is 1. The molecule has 3 unspecified atom stereocenters. The molecule has 0 aliphatic carbocycles. The van der Waals surface area contributed by atoms with Crippen molar-refractivity contribution in [3.05, 3.63) is 30.3 Å². The fraction of sp³-hybridized carbons (Fsp3) is 0.471. The van der Waals surface area contributed by atoms with Crippen LogP contribution in [0.15, 0.2) is 30.3 Å². The molecule has 134 valence electrons. The molecule has 0 aromatic heterocycles. The van der Waals surface area contributed by atoms with Crippen molar-refractivity contribution in [3.63, 3.8) is 0 Å². The van der Waals surface area contributed by atoms with Gasteiger partial charge in [-0.3, -0.25) is 14.4 Å². The largest absolute Gasteiger partial charge is 0.391 e. The van der Waals surface area contributed by atoms with Gasteiger partial charge in [0.25, 0.3) is 5.91 Å². The van der Waals surface area contributed by atoms with Crippen LogP contribution in [-0.2, 0) is 14.4 Å². The lowest BCUT2D eigenvalue weighted by molar-refractivity contribution is -0.166. The lowest BCUT2D eigenvalue weighted by atomic mass is 9.76. The Morgan fingerprint density at radius 1 is 1.40 bits per heavy atom. The third-order valence-corrected chi connectivity index (χ3v) is 5.15. The number of nitrogens with two attached hydrogens (primary N) is 1. The highest BCUT2D eigenvalue weighted by Crippen LogP contribution is 2.39. The zero-order valence-electron chi connectivity index (χ0n) is 14.1. The van der Waals surface area contributed by atoms with E-state index in [1.807, 2.05) is 37.3 Å². The summed E-state index contributed by atoms with van der Waals surface area (Å²) >= 11 is 0. The number of benzene rings is 1. The smallest absolute Gasteiger partial charge is 0.251 e. The van der Waals surface area contributed by atoms with Crippen molar-refractivity contribution < 1.29 is 19.5 Å². The molecule has 8 heteroatoms. The maximum Gasteiger partial charge on any atom is 0.251 e. The van der Waals surface area contributed by atoms with Crippen molar-refractivity contribution in [1.29, 1.82) is 0 Å². The second kappa shape index (κ2) is 6.03. The van der Waals surface area contributed by atoms with Gasteiger partial charge >= 0.3 is 0 Å². The number of aliphatic hydroxyl groups excluding tert-OH is 1. The number of β-lactam (4-membered cyclic amide) rings is 1. The Morgan fingerprint density at radius 3 is 2.56 bits per heavy atom. The van der Waals surface area contributed by atoms with E-state index >= 15 is 0 Å². The number of hydrogen-bond acceptors (Lipinski definition) is 5. The molecule has 0 radical (unpaired) electrons. The number of carbonyl (C=O) groups is 3. The highest BCUT2D eigenvalue weighted by molar-refractivity contribution is 6.04. The predicted molar refractivity (Wildman–Crippen MR) is 90.3 cm³/mol. The molecule has 1 spiro atoms. The molecule has 1 aromatic carbocycles. The number of amides is 3. The van der Waals surface area contributed by atoms with Crippen LogP contribution in [0.25, 0.3) is 0 Å². The Bertz CT molecular complexity index is 708. The maximum atomic E-state index is 12.8. The van der Waals surface area contributed by atoms with Gasteiger partial charge in [0, 0.05) is 11.6 Å². The summed E-state index contributed by atoms with van der Waals surface area (Å²) in [5, 5.41) is 15.7. The van der Waals surface area contributed by atoms with Gasteiger partial charge < -0.3 is 26.4 Å². The number of nitrogens with zero attached hydrogens (tertiary/aromatic N) is 1. The average Bonchev–Trinajstić information content (AvgIpc) is 2.81. The summed E-state index contributed by atoms with van der Waals surface area (Å²) in [5.74, 6) is -1.76. The second-order valence-corrected chi connectivity index (χ2v) is 6.76. The molecule has 2 heterocycles. The molecule has 5 N–H and O–H groups in total. The van der Waals surface area contributed by atoms with Crippen LogP contribution in [0.5, 0.6) is 0 Å². The Labute approximate surface area is 145 Å². The lowest BCUT2D eigenvalue weighted by Gasteiger charge is -2.51. The van der Waals surface area contributed by atoms with Crippen LogP contribution in [0.4, 0.5) is 5.69 Å². The number of hydrogen-bond donors (Lipinski definition) is 4. The number of primary amides is 1. The fourth-order valence-corrected chi connectivity index (χ4v) is 3.71. The number of aliphatic hydroxyl groups is 1. The third kappa shape index (κ3) is 2.62. The van der Waals surface area contributed by atoms with Crippen LogP contribution in [0.1, 0.15) is 13.8 Å². The van der Waals surface area contributed by atoms with Crippen molar-refractivity contribution in [2.45, 2.75) is 37.6 Å². The van der Waals surface area contributed by atoms with E-state index in [2.05, 4.69) is 10.6 Å². The third-order valence-electron chi connectivity index (χ3n) is 5.15. The molecule has 2 aliphatic rings. The molecule has 3 amide bonds. The standard InChI is InChI=1S/C17H22N4O4/c1-9-12(19-11-6-4-3-5-7-11)15(24)20-17(9)8-21(16(17)25)13(10(2)22)14(18)23/h3-7,9-10,12-13,19,22H,8H2,1-2H3,(H2,18,23)(H,20,24)/t9?,10-,12?,13+,17?/m1/s1. The molecule has 2 saturated heterocycles. The van der Waals surface area contributed by atoms with Gasteiger partial charge in [-0.25, -0.2) is 0 Å². The molecule has 5 atom stereocenters. The molecule has 1 aromatic rings.